The highest BCUT2D eigenvalue weighted by molar-refractivity contribution is 5.77. The summed E-state index contributed by atoms with van der Waals surface area (Å²) in [6.07, 6.45) is 0.851. The van der Waals surface area contributed by atoms with Crippen LogP contribution in [0.4, 0.5) is 0 Å². The number of aryl methyl sites for hydroxylation is 1. The molecule has 3 aromatic rings. The minimum Gasteiger partial charge on any atom is -0.308 e. The highest BCUT2D eigenvalue weighted by Crippen LogP contribution is 2.20. The second-order valence-electron chi connectivity index (χ2n) is 7.18. The third kappa shape index (κ3) is 4.26. The smallest absolute Gasteiger partial charge is 0.266 e. The number of nitrogens with one attached hydrogen (secondary N) is 1. The van der Waals surface area contributed by atoms with Gasteiger partial charge in [-0.25, -0.2) is 4.98 Å². The Morgan fingerprint density at radius 2 is 1.93 bits per heavy atom. The maximum Gasteiger partial charge on any atom is 0.266 e. The van der Waals surface area contributed by atoms with E-state index in [1.54, 1.807) is 4.57 Å². The summed E-state index contributed by atoms with van der Waals surface area (Å²) in [5.41, 5.74) is 2.71. The molecule has 1 aromatic heterocycles. The van der Waals surface area contributed by atoms with Crippen molar-refractivity contribution in [1.29, 1.82) is 0 Å². The van der Waals surface area contributed by atoms with E-state index in [1.165, 1.54) is 0 Å². The fraction of sp³-hybridized carbons (Fsp3) is 0.364. The zero-order valence-corrected chi connectivity index (χ0v) is 16.6. The number of hydrogen-bond donors (Lipinski definition) is 1. The van der Waals surface area contributed by atoms with E-state index in [0.717, 1.165) is 42.1 Å². The van der Waals surface area contributed by atoms with E-state index < -0.39 is 0 Å². The first-order chi connectivity index (χ1) is 13.0. The molecule has 0 fully saturated rings. The molecule has 0 saturated carbocycles. The first-order valence-electron chi connectivity index (χ1n) is 9.48. The van der Waals surface area contributed by atoms with Crippen LogP contribution in [0.2, 0.25) is 0 Å². The summed E-state index contributed by atoms with van der Waals surface area (Å²) < 4.78 is 1.77. The van der Waals surface area contributed by atoms with E-state index in [9.17, 15) is 4.79 Å². The molecule has 5 heteroatoms. The number of aromatic nitrogens is 2. The number of fused-ring (bicyclic) bond motifs is 1. The quantitative estimate of drug-likeness (QED) is 0.699. The average molecular weight is 364 g/mol. The molecule has 142 valence electrons. The van der Waals surface area contributed by atoms with Crippen molar-refractivity contribution in [2.45, 2.75) is 26.3 Å². The summed E-state index contributed by atoms with van der Waals surface area (Å²) in [4.78, 5) is 20.4. The minimum atomic E-state index is -0.0194. The maximum absolute atomic E-state index is 13.4. The number of hydrogen-bond acceptors (Lipinski definition) is 4. The molecule has 0 unspecified atom stereocenters. The van der Waals surface area contributed by atoms with Crippen LogP contribution < -0.4 is 10.9 Å². The van der Waals surface area contributed by atoms with Gasteiger partial charge in [-0.05, 0) is 57.3 Å². The van der Waals surface area contributed by atoms with Gasteiger partial charge in [-0.1, -0.05) is 31.2 Å². The van der Waals surface area contributed by atoms with Gasteiger partial charge in [0, 0.05) is 13.1 Å². The summed E-state index contributed by atoms with van der Waals surface area (Å²) in [5, 5.41) is 4.21. The van der Waals surface area contributed by atoms with Crippen molar-refractivity contribution in [3.8, 4) is 5.69 Å². The van der Waals surface area contributed by atoms with Crippen LogP contribution in [0.5, 0.6) is 0 Å². The SMILES string of the molecule is CC[C@@H](NCCN(C)C)c1nc2ccccc2c(=O)n1-c1cccc(C)c1. The molecule has 2 aromatic carbocycles. The largest absolute Gasteiger partial charge is 0.308 e. The maximum atomic E-state index is 13.4. The molecular formula is C22H28N4O. The van der Waals surface area contributed by atoms with Crippen LogP contribution >= 0.6 is 0 Å². The van der Waals surface area contributed by atoms with Crippen molar-refractivity contribution in [3.05, 3.63) is 70.3 Å². The second-order valence-corrected chi connectivity index (χ2v) is 7.18. The lowest BCUT2D eigenvalue weighted by atomic mass is 10.1. The van der Waals surface area contributed by atoms with E-state index in [4.69, 9.17) is 4.98 Å². The van der Waals surface area contributed by atoms with E-state index in [0.29, 0.717) is 5.39 Å². The van der Waals surface area contributed by atoms with Gasteiger partial charge in [0.25, 0.3) is 5.56 Å². The summed E-state index contributed by atoms with van der Waals surface area (Å²) in [5.74, 6) is 0.769. The number of nitrogens with zero attached hydrogens (tertiary/aromatic N) is 3. The highest BCUT2D eigenvalue weighted by atomic mass is 16.1. The Hall–Kier alpha value is -2.50. The fourth-order valence-electron chi connectivity index (χ4n) is 3.28. The Balaban J connectivity index is 2.17. The molecule has 0 spiro atoms. The molecule has 0 aliphatic heterocycles. The van der Waals surface area contributed by atoms with Gasteiger partial charge in [-0.2, -0.15) is 0 Å². The van der Waals surface area contributed by atoms with Crippen LogP contribution in [0.3, 0.4) is 0 Å². The predicted octanol–water partition coefficient (Wildman–Crippen LogP) is 3.30. The fourth-order valence-corrected chi connectivity index (χ4v) is 3.28. The third-order valence-corrected chi connectivity index (χ3v) is 4.73. The summed E-state index contributed by atoms with van der Waals surface area (Å²) >= 11 is 0. The Labute approximate surface area is 160 Å². The van der Waals surface area contributed by atoms with Crippen LogP contribution in [0, 0.1) is 6.92 Å². The predicted molar refractivity (Wildman–Crippen MR) is 112 cm³/mol. The molecule has 1 atom stereocenters. The lowest BCUT2D eigenvalue weighted by Gasteiger charge is -2.22. The first-order valence-corrected chi connectivity index (χ1v) is 9.48. The number of benzene rings is 2. The molecule has 0 amide bonds. The van der Waals surface area contributed by atoms with Gasteiger partial charge in [0.1, 0.15) is 5.82 Å². The molecule has 0 bridgehead atoms. The number of rotatable bonds is 7. The Kier molecular flexibility index (Phi) is 6.04. The average Bonchev–Trinajstić information content (AvgIpc) is 2.65. The Morgan fingerprint density at radius 1 is 1.15 bits per heavy atom. The van der Waals surface area contributed by atoms with Gasteiger partial charge in [0.2, 0.25) is 0 Å². The zero-order valence-electron chi connectivity index (χ0n) is 16.6. The van der Waals surface area contributed by atoms with Crippen molar-refractivity contribution in [3.63, 3.8) is 0 Å². The summed E-state index contributed by atoms with van der Waals surface area (Å²) in [6, 6.07) is 15.6. The van der Waals surface area contributed by atoms with Crippen LogP contribution in [0.1, 0.15) is 30.8 Å². The minimum absolute atomic E-state index is 0.00256. The van der Waals surface area contributed by atoms with Gasteiger partial charge in [-0.15, -0.1) is 0 Å². The van der Waals surface area contributed by atoms with Crippen LogP contribution in [-0.2, 0) is 0 Å². The van der Waals surface area contributed by atoms with E-state index in [1.807, 2.05) is 55.5 Å². The molecule has 1 heterocycles. The van der Waals surface area contributed by atoms with E-state index >= 15 is 0 Å². The normalized spacial score (nSPS) is 12.6. The van der Waals surface area contributed by atoms with E-state index in [-0.39, 0.29) is 11.6 Å². The molecule has 1 N–H and O–H groups in total. The van der Waals surface area contributed by atoms with Crippen LogP contribution in [0.15, 0.2) is 53.3 Å². The molecular weight excluding hydrogens is 336 g/mol. The van der Waals surface area contributed by atoms with Crippen LogP contribution in [0.25, 0.3) is 16.6 Å². The molecule has 27 heavy (non-hydrogen) atoms. The second kappa shape index (κ2) is 8.46. The van der Waals surface area contributed by atoms with Crippen molar-refractivity contribution >= 4 is 10.9 Å². The number of likely N-dealkylation sites (N-methyl/N-ethyl adjacent to an activating group) is 1. The molecule has 0 saturated heterocycles. The topological polar surface area (TPSA) is 50.2 Å². The van der Waals surface area contributed by atoms with Gasteiger partial charge in [-0.3, -0.25) is 9.36 Å². The van der Waals surface area contributed by atoms with Gasteiger partial charge < -0.3 is 10.2 Å². The van der Waals surface area contributed by atoms with Gasteiger partial charge in [0.15, 0.2) is 0 Å². The lowest BCUT2D eigenvalue weighted by molar-refractivity contribution is 0.376. The molecule has 0 aliphatic rings. The summed E-state index contributed by atoms with van der Waals surface area (Å²) in [6.45, 7) is 5.92. The van der Waals surface area contributed by atoms with Crippen molar-refractivity contribution in [1.82, 2.24) is 19.8 Å². The van der Waals surface area contributed by atoms with Gasteiger partial charge >= 0.3 is 0 Å². The number of para-hydroxylation sites is 1. The molecule has 0 aliphatic carbocycles. The lowest BCUT2D eigenvalue weighted by Crippen LogP contribution is -2.34. The van der Waals surface area contributed by atoms with Crippen molar-refractivity contribution in [2.24, 2.45) is 0 Å². The summed E-state index contributed by atoms with van der Waals surface area (Å²) in [7, 11) is 4.11. The van der Waals surface area contributed by atoms with Crippen LogP contribution in [-0.4, -0.2) is 41.6 Å². The third-order valence-electron chi connectivity index (χ3n) is 4.73. The molecule has 0 radical (unpaired) electrons. The van der Waals surface area contributed by atoms with E-state index in [2.05, 4.69) is 31.2 Å². The molecule has 5 nitrogen and oxygen atoms in total. The first kappa shape index (κ1) is 19.3. The monoisotopic (exact) mass is 364 g/mol. The van der Waals surface area contributed by atoms with Crippen molar-refractivity contribution in [2.75, 3.05) is 27.2 Å². The Morgan fingerprint density at radius 3 is 2.63 bits per heavy atom. The van der Waals surface area contributed by atoms with Gasteiger partial charge in [0.05, 0.1) is 22.6 Å². The highest BCUT2D eigenvalue weighted by Gasteiger charge is 2.19. The zero-order chi connectivity index (χ0) is 19.4. The van der Waals surface area contributed by atoms with Crippen molar-refractivity contribution < 1.29 is 0 Å². The Bertz CT molecular complexity index is 977. The molecule has 3 rings (SSSR count). The standard InChI is InChI=1S/C22H28N4O/c1-5-19(23-13-14-25(3)4)21-24-20-12-7-6-11-18(20)22(27)26(21)17-10-8-9-16(2)15-17/h6-12,15,19,23H,5,13-14H2,1-4H3/t19-/m1/s1.